The summed E-state index contributed by atoms with van der Waals surface area (Å²) in [5.41, 5.74) is 0. The molecule has 1 aromatic rings. The van der Waals surface area contributed by atoms with Gasteiger partial charge in [-0.2, -0.15) is 0 Å². The van der Waals surface area contributed by atoms with Crippen LogP contribution in [0.1, 0.15) is 44.9 Å². The summed E-state index contributed by atoms with van der Waals surface area (Å²) in [5, 5.41) is 0. The van der Waals surface area contributed by atoms with Gasteiger partial charge in [-0.3, -0.25) is 9.59 Å². The molecule has 1 aromatic carbocycles. The van der Waals surface area contributed by atoms with Gasteiger partial charge in [-0.1, -0.05) is 12.8 Å². The normalized spacial score (nSPS) is 20.4. The topological polar surface area (TPSA) is 99.2 Å². The number of sulfone groups is 1. The maximum atomic E-state index is 12.8. The first-order valence-corrected chi connectivity index (χ1v) is 12.6. The number of rotatable bonds is 10. The van der Waals surface area contributed by atoms with Crippen molar-refractivity contribution in [2.75, 3.05) is 31.8 Å². The smallest absolute Gasteiger partial charge is 0.306 e. The van der Waals surface area contributed by atoms with Crippen molar-refractivity contribution in [3.05, 3.63) is 24.3 Å². The van der Waals surface area contributed by atoms with Crippen molar-refractivity contribution >= 4 is 21.7 Å². The van der Waals surface area contributed by atoms with Crippen LogP contribution in [0.2, 0.25) is 0 Å². The first-order chi connectivity index (χ1) is 14.9. The van der Waals surface area contributed by atoms with Crippen molar-refractivity contribution in [1.82, 2.24) is 4.90 Å². The van der Waals surface area contributed by atoms with Crippen molar-refractivity contribution in [2.24, 2.45) is 0 Å². The molecule has 1 atom stereocenters. The summed E-state index contributed by atoms with van der Waals surface area (Å²) in [4.78, 5) is 26.6. The van der Waals surface area contributed by atoms with Crippen molar-refractivity contribution < 1.29 is 32.2 Å². The Kier molecular flexibility index (Phi) is 8.17. The van der Waals surface area contributed by atoms with E-state index in [1.807, 2.05) is 0 Å². The molecule has 2 aliphatic rings. The molecule has 0 N–H and O–H groups in total. The second-order valence-electron chi connectivity index (χ2n) is 8.08. The van der Waals surface area contributed by atoms with E-state index in [1.54, 1.807) is 36.3 Å². The van der Waals surface area contributed by atoms with Gasteiger partial charge in [0.15, 0.2) is 16.4 Å². The van der Waals surface area contributed by atoms with Gasteiger partial charge in [0.05, 0.1) is 25.2 Å². The molecular weight excluding hydrogens is 422 g/mol. The van der Waals surface area contributed by atoms with Gasteiger partial charge in [0.1, 0.15) is 11.5 Å². The number of carbonyl (C=O) groups excluding carboxylic acids is 2. The Labute approximate surface area is 183 Å². The van der Waals surface area contributed by atoms with E-state index in [1.165, 1.54) is 0 Å². The predicted octanol–water partition coefficient (Wildman–Crippen LogP) is 2.36. The predicted molar refractivity (Wildman–Crippen MR) is 115 cm³/mol. The minimum atomic E-state index is -3.10. The molecule has 0 bridgehead atoms. The van der Waals surface area contributed by atoms with Gasteiger partial charge >= 0.3 is 5.97 Å². The second-order valence-corrected chi connectivity index (χ2v) is 10.3. The number of ether oxygens (including phenoxy) is 3. The molecule has 1 aliphatic heterocycles. The molecule has 1 saturated carbocycles. The molecule has 1 amide bonds. The largest absolute Gasteiger partial charge is 0.497 e. The van der Waals surface area contributed by atoms with Crippen molar-refractivity contribution in [3.8, 4) is 11.5 Å². The molecule has 0 aromatic heterocycles. The first kappa shape index (κ1) is 23.4. The van der Waals surface area contributed by atoms with Crippen LogP contribution in [0.15, 0.2) is 24.3 Å². The second kappa shape index (κ2) is 10.8. The lowest BCUT2D eigenvalue weighted by Crippen LogP contribution is -2.48. The van der Waals surface area contributed by atoms with Gasteiger partial charge in [-0.05, 0) is 49.9 Å². The molecule has 31 heavy (non-hydrogen) atoms. The Morgan fingerprint density at radius 1 is 1.03 bits per heavy atom. The summed E-state index contributed by atoms with van der Waals surface area (Å²) >= 11 is 0. The molecule has 8 nitrogen and oxygen atoms in total. The van der Waals surface area contributed by atoms with Crippen LogP contribution < -0.4 is 9.47 Å². The average molecular weight is 454 g/mol. The SMILES string of the molecule is COc1ccc(OCCCC(=O)OCC(=O)N(C2CCCC2)C2CCS(=O)(=O)C2)cc1. The first-order valence-electron chi connectivity index (χ1n) is 10.8. The third-order valence-electron chi connectivity index (χ3n) is 5.82. The molecule has 2 fully saturated rings. The van der Waals surface area contributed by atoms with E-state index < -0.39 is 15.8 Å². The minimum Gasteiger partial charge on any atom is -0.497 e. The third kappa shape index (κ3) is 6.85. The molecule has 1 heterocycles. The molecule has 1 saturated heterocycles. The van der Waals surface area contributed by atoms with Gasteiger partial charge in [0.25, 0.3) is 5.91 Å². The Bertz CT molecular complexity index is 847. The van der Waals surface area contributed by atoms with Gasteiger partial charge in [0, 0.05) is 18.5 Å². The zero-order valence-electron chi connectivity index (χ0n) is 18.0. The Balaban J connectivity index is 1.41. The number of benzene rings is 1. The van der Waals surface area contributed by atoms with Crippen LogP contribution in [0.25, 0.3) is 0 Å². The number of nitrogens with zero attached hydrogens (tertiary/aromatic N) is 1. The maximum absolute atomic E-state index is 12.8. The Morgan fingerprint density at radius 2 is 1.71 bits per heavy atom. The number of hydrogen-bond donors (Lipinski definition) is 0. The molecular formula is C22H31NO7S. The Morgan fingerprint density at radius 3 is 2.32 bits per heavy atom. The molecule has 172 valence electrons. The lowest BCUT2D eigenvalue weighted by Gasteiger charge is -2.33. The minimum absolute atomic E-state index is 0.00584. The summed E-state index contributed by atoms with van der Waals surface area (Å²) in [5.74, 6) is 0.785. The number of esters is 1. The fourth-order valence-corrected chi connectivity index (χ4v) is 5.96. The highest BCUT2D eigenvalue weighted by atomic mass is 32.2. The highest BCUT2D eigenvalue weighted by molar-refractivity contribution is 7.91. The van der Waals surface area contributed by atoms with Crippen LogP contribution in [0.3, 0.4) is 0 Å². The van der Waals surface area contributed by atoms with Crippen molar-refractivity contribution in [3.63, 3.8) is 0 Å². The van der Waals surface area contributed by atoms with E-state index in [4.69, 9.17) is 14.2 Å². The molecule has 0 radical (unpaired) electrons. The highest BCUT2D eigenvalue weighted by Crippen LogP contribution is 2.29. The van der Waals surface area contributed by atoms with E-state index in [0.717, 1.165) is 31.4 Å². The maximum Gasteiger partial charge on any atom is 0.306 e. The van der Waals surface area contributed by atoms with Crippen LogP contribution in [0, 0.1) is 0 Å². The van der Waals surface area contributed by atoms with Crippen molar-refractivity contribution in [1.29, 1.82) is 0 Å². The van der Waals surface area contributed by atoms with Crippen LogP contribution in [0.5, 0.6) is 11.5 Å². The highest BCUT2D eigenvalue weighted by Gasteiger charge is 2.39. The van der Waals surface area contributed by atoms with Crippen molar-refractivity contribution in [2.45, 2.75) is 57.0 Å². The summed E-state index contributed by atoms with van der Waals surface area (Å²) in [6.07, 6.45) is 4.87. The van der Waals surface area contributed by atoms with Crippen LogP contribution in [-0.2, 0) is 24.2 Å². The Hall–Kier alpha value is -2.29. The zero-order chi connectivity index (χ0) is 22.3. The number of methoxy groups -OCH3 is 1. The van der Waals surface area contributed by atoms with E-state index in [-0.39, 0.29) is 42.5 Å². The number of amides is 1. The van der Waals surface area contributed by atoms with Gasteiger partial charge in [-0.15, -0.1) is 0 Å². The molecule has 1 aliphatic carbocycles. The summed E-state index contributed by atoms with van der Waals surface area (Å²) < 4.78 is 39.6. The van der Waals surface area contributed by atoms with Crippen LogP contribution >= 0.6 is 0 Å². The molecule has 3 rings (SSSR count). The molecule has 9 heteroatoms. The number of hydrogen-bond acceptors (Lipinski definition) is 7. The summed E-state index contributed by atoms with van der Waals surface area (Å²) in [6.45, 7) is 0.00866. The van der Waals surface area contributed by atoms with Gasteiger partial charge in [0.2, 0.25) is 0 Å². The summed E-state index contributed by atoms with van der Waals surface area (Å²) in [7, 11) is -1.51. The quantitative estimate of drug-likeness (QED) is 0.396. The molecule has 0 spiro atoms. The van der Waals surface area contributed by atoms with E-state index in [9.17, 15) is 18.0 Å². The van der Waals surface area contributed by atoms with Gasteiger partial charge in [-0.25, -0.2) is 8.42 Å². The van der Waals surface area contributed by atoms with E-state index in [0.29, 0.717) is 25.2 Å². The summed E-state index contributed by atoms with van der Waals surface area (Å²) in [6, 6.07) is 6.90. The lowest BCUT2D eigenvalue weighted by atomic mass is 10.1. The van der Waals surface area contributed by atoms with Gasteiger partial charge < -0.3 is 19.1 Å². The number of carbonyl (C=O) groups is 2. The fraction of sp³-hybridized carbons (Fsp3) is 0.636. The fourth-order valence-electron chi connectivity index (χ4n) is 4.25. The monoisotopic (exact) mass is 453 g/mol. The van der Waals surface area contributed by atoms with Crippen LogP contribution in [0.4, 0.5) is 0 Å². The molecule has 1 unspecified atom stereocenters. The zero-order valence-corrected chi connectivity index (χ0v) is 18.8. The van der Waals surface area contributed by atoms with E-state index in [2.05, 4.69) is 0 Å². The average Bonchev–Trinajstić information content (AvgIpc) is 3.40. The van der Waals surface area contributed by atoms with E-state index >= 15 is 0 Å². The van der Waals surface area contributed by atoms with Crippen LogP contribution in [-0.4, -0.2) is 69.1 Å². The third-order valence-corrected chi connectivity index (χ3v) is 7.57. The lowest BCUT2D eigenvalue weighted by molar-refractivity contribution is -0.154. The standard InChI is InChI=1S/C22H31NO7S/c1-28-19-8-10-20(11-9-19)29-13-4-7-22(25)30-15-21(24)23(17-5-2-3-6-17)18-12-14-31(26,27)16-18/h8-11,17-18H,2-7,12-16H2,1H3.